The molecule has 5 heterocycles. The van der Waals surface area contributed by atoms with Crippen LogP contribution in [0.2, 0.25) is 0 Å². The van der Waals surface area contributed by atoms with Crippen LogP contribution in [0, 0.1) is 0 Å². The van der Waals surface area contributed by atoms with Crippen LogP contribution in [0.1, 0.15) is 72.6 Å². The second-order valence-electron chi connectivity index (χ2n) is 13.5. The lowest BCUT2D eigenvalue weighted by Crippen LogP contribution is -2.45. The maximum Gasteiger partial charge on any atom is 0.372 e. The normalized spacial score (nSPS) is 11.3. The van der Waals surface area contributed by atoms with Crippen molar-refractivity contribution in [2.24, 2.45) is 35.2 Å². The number of anilines is 4. The van der Waals surface area contributed by atoms with Gasteiger partial charge in [-0.05, 0) is 18.6 Å². The van der Waals surface area contributed by atoms with Gasteiger partial charge in [0.2, 0.25) is 29.4 Å². The number of aromatic carboxylic acids is 1. The first-order chi connectivity index (χ1) is 28.4. The van der Waals surface area contributed by atoms with E-state index in [1.807, 2.05) is 0 Å². The molecule has 1 atom stereocenters. The van der Waals surface area contributed by atoms with Crippen LogP contribution in [0.3, 0.4) is 0 Å². The summed E-state index contributed by atoms with van der Waals surface area (Å²) in [6.45, 7) is 1.14. The van der Waals surface area contributed by atoms with E-state index in [1.165, 1.54) is 69.2 Å². The first-order valence-corrected chi connectivity index (χ1v) is 18.1. The maximum atomic E-state index is 13.2. The minimum absolute atomic E-state index is 0.0248. The molecule has 0 aliphatic heterocycles. The molecule has 7 amide bonds. The zero-order valence-corrected chi connectivity index (χ0v) is 33.3. The van der Waals surface area contributed by atoms with Gasteiger partial charge >= 0.3 is 5.97 Å². The highest BCUT2D eigenvalue weighted by Gasteiger charge is 2.24. The van der Waals surface area contributed by atoms with Crippen molar-refractivity contribution in [2.75, 3.05) is 34.4 Å². The molecule has 0 fully saturated rings. The molecule has 0 aliphatic carbocycles. The van der Waals surface area contributed by atoms with Crippen molar-refractivity contribution in [3.05, 3.63) is 78.2 Å². The summed E-state index contributed by atoms with van der Waals surface area (Å²) in [5.41, 5.74) is 1.04. The van der Waals surface area contributed by atoms with Crippen molar-refractivity contribution < 1.29 is 43.5 Å². The number of amides is 7. The molecule has 316 valence electrons. The second kappa shape index (κ2) is 18.5. The highest BCUT2D eigenvalue weighted by Crippen LogP contribution is 2.17. The average Bonchev–Trinajstić information content (AvgIpc) is 4.00. The van der Waals surface area contributed by atoms with Crippen molar-refractivity contribution in [1.82, 2.24) is 53.7 Å². The van der Waals surface area contributed by atoms with Gasteiger partial charge in [0.1, 0.15) is 17.4 Å². The molecule has 0 spiro atoms. The Morgan fingerprint density at radius 3 is 1.70 bits per heavy atom. The third-order valence-electron chi connectivity index (χ3n) is 8.73. The van der Waals surface area contributed by atoms with Crippen molar-refractivity contribution in [2.45, 2.75) is 25.8 Å². The van der Waals surface area contributed by atoms with E-state index in [9.17, 15) is 43.5 Å². The van der Waals surface area contributed by atoms with Crippen LogP contribution in [-0.2, 0) is 49.6 Å². The average molecular weight is 830 g/mol. The number of imidazole rings is 3. The summed E-state index contributed by atoms with van der Waals surface area (Å²) in [5, 5.41) is 27.4. The van der Waals surface area contributed by atoms with E-state index in [4.69, 9.17) is 0 Å². The van der Waals surface area contributed by atoms with Crippen LogP contribution in [0.15, 0.2) is 49.3 Å². The van der Waals surface area contributed by atoms with Crippen LogP contribution in [0.4, 0.5) is 23.0 Å². The molecule has 5 aromatic heterocycles. The van der Waals surface area contributed by atoms with Gasteiger partial charge in [0, 0.05) is 98.9 Å². The number of hydrogen-bond donors (Lipinski definition) is 8. The number of carbonyl (C=O) groups is 8. The van der Waals surface area contributed by atoms with Gasteiger partial charge in [-0.25, -0.2) is 19.7 Å². The topological polar surface area (TPSA) is 304 Å². The Morgan fingerprint density at radius 1 is 0.633 bits per heavy atom. The molecule has 0 unspecified atom stereocenters. The van der Waals surface area contributed by atoms with E-state index >= 15 is 0 Å². The molecular weight excluding hydrogens is 786 g/mol. The largest absolute Gasteiger partial charge is 0.475 e. The Kier molecular flexibility index (Phi) is 13.3. The quantitative estimate of drug-likeness (QED) is 0.0604. The molecule has 8 N–H and O–H groups in total. The number of rotatable bonds is 17. The predicted octanol–water partition coefficient (Wildman–Crippen LogP) is -0.211. The van der Waals surface area contributed by atoms with Gasteiger partial charge in [0.05, 0.1) is 11.4 Å². The summed E-state index contributed by atoms with van der Waals surface area (Å²) < 4.78 is 7.15. The summed E-state index contributed by atoms with van der Waals surface area (Å²) in [6, 6.07) is 1.82. The number of carbonyl (C=O) groups excluding carboxylic acids is 7. The molecule has 60 heavy (non-hydrogen) atoms. The summed E-state index contributed by atoms with van der Waals surface area (Å²) in [7, 11) is 7.88. The van der Waals surface area contributed by atoms with Crippen molar-refractivity contribution in [1.29, 1.82) is 0 Å². The lowest BCUT2D eigenvalue weighted by molar-refractivity contribution is -0.125. The molecule has 0 radical (unpaired) electrons. The fraction of sp³-hybridized carbons (Fsp3) is 0.306. The first kappa shape index (κ1) is 43.1. The van der Waals surface area contributed by atoms with E-state index in [2.05, 4.69) is 52.2 Å². The molecule has 24 nitrogen and oxygen atoms in total. The summed E-state index contributed by atoms with van der Waals surface area (Å²) in [4.78, 5) is 112. The van der Waals surface area contributed by atoms with Crippen LogP contribution >= 0.6 is 0 Å². The van der Waals surface area contributed by atoms with E-state index < -0.39 is 53.4 Å². The minimum Gasteiger partial charge on any atom is -0.475 e. The number of nitrogens with one attached hydrogen (secondary N) is 7. The van der Waals surface area contributed by atoms with Gasteiger partial charge in [-0.15, -0.1) is 0 Å². The molecular formula is C36H43N15O9. The van der Waals surface area contributed by atoms with Crippen LogP contribution < -0.4 is 37.2 Å². The molecule has 0 aromatic carbocycles. The minimum atomic E-state index is -1.29. The van der Waals surface area contributed by atoms with Gasteiger partial charge in [0.15, 0.2) is 17.5 Å². The highest BCUT2D eigenvalue weighted by molar-refractivity contribution is 6.04. The first-order valence-electron chi connectivity index (χ1n) is 18.1. The van der Waals surface area contributed by atoms with E-state index in [-0.39, 0.29) is 72.1 Å². The fourth-order valence-corrected chi connectivity index (χ4v) is 5.87. The van der Waals surface area contributed by atoms with Gasteiger partial charge in [-0.1, -0.05) is 0 Å². The van der Waals surface area contributed by atoms with Crippen molar-refractivity contribution in [3.63, 3.8) is 0 Å². The third kappa shape index (κ3) is 10.7. The van der Waals surface area contributed by atoms with Gasteiger partial charge in [-0.3, -0.25) is 33.6 Å². The summed E-state index contributed by atoms with van der Waals surface area (Å²) in [6.07, 6.45) is 8.77. The summed E-state index contributed by atoms with van der Waals surface area (Å²) in [5.74, 6) is -5.19. The van der Waals surface area contributed by atoms with E-state index in [0.717, 1.165) is 0 Å². The number of nitrogens with zero attached hydrogens (tertiary/aromatic N) is 8. The second-order valence-corrected chi connectivity index (χ2v) is 13.5. The number of aromatic nitrogens is 8. The number of aryl methyl sites for hydroxylation is 5. The Hall–Kier alpha value is -8.05. The van der Waals surface area contributed by atoms with E-state index in [1.54, 1.807) is 45.2 Å². The fourth-order valence-electron chi connectivity index (χ4n) is 5.87. The number of carboxylic acid groups (broad SMARTS) is 1. The number of hydrogen-bond acceptors (Lipinski definition) is 11. The van der Waals surface area contributed by atoms with Crippen LogP contribution in [0.25, 0.3) is 0 Å². The summed E-state index contributed by atoms with van der Waals surface area (Å²) >= 11 is 0. The lowest BCUT2D eigenvalue weighted by atomic mass is 10.2. The van der Waals surface area contributed by atoms with Gasteiger partial charge in [-0.2, -0.15) is 0 Å². The van der Waals surface area contributed by atoms with Gasteiger partial charge in [0.25, 0.3) is 23.6 Å². The number of carboxylic acids is 1. The Bertz CT molecular complexity index is 2480. The Morgan fingerprint density at radius 2 is 1.17 bits per heavy atom. The molecule has 0 saturated heterocycles. The van der Waals surface area contributed by atoms with E-state index in [0.29, 0.717) is 5.69 Å². The molecule has 5 aromatic rings. The molecule has 24 heteroatoms. The van der Waals surface area contributed by atoms with Gasteiger partial charge < -0.3 is 65.2 Å². The molecule has 5 rings (SSSR count). The van der Waals surface area contributed by atoms with Crippen LogP contribution in [0.5, 0.6) is 0 Å². The van der Waals surface area contributed by atoms with Crippen LogP contribution in [-0.4, -0.2) is 109 Å². The molecule has 0 bridgehead atoms. The third-order valence-corrected chi connectivity index (χ3v) is 8.73. The van der Waals surface area contributed by atoms with Crippen molar-refractivity contribution in [3.8, 4) is 0 Å². The Labute approximate surface area is 340 Å². The smallest absolute Gasteiger partial charge is 0.372 e. The maximum absolute atomic E-state index is 13.2. The Balaban J connectivity index is 1.08. The van der Waals surface area contributed by atoms with Crippen molar-refractivity contribution >= 4 is 70.3 Å². The molecule has 0 saturated carbocycles. The zero-order chi connectivity index (χ0) is 43.8. The zero-order valence-electron chi connectivity index (χ0n) is 33.3. The monoisotopic (exact) mass is 829 g/mol. The SMILES string of the molecule is CC(=O)N[C@H](CCNC(=O)c1cc(NC(=O)c2nc(NC(=O)CCNC(=O)c3cc(NC(=O)c4nccn4C)cn3C)cn2C)cn1C)C(=O)Nc1cn(C)c(C(=O)O)n1. The standard InChI is InChI=1S/C36H43N15O9/c1-19(52)40-22(31(54)46-26-18-51(6)30(45-26)36(59)60)7-9-38-32(55)23-14-21(16-49(23)4)42-35(58)29-44-25(17-50(29)5)43-27(53)8-10-39-33(56)24-13-20(15-48(24)3)41-34(57)28-37-11-12-47(28)2/h11-18,22H,7-10H2,1-6H3,(H,38,55)(H,39,56)(H,40,52)(H,41,57)(H,42,58)(H,43,53)(H,46,54)(H,59,60)/t22-/m1/s1. The highest BCUT2D eigenvalue weighted by atomic mass is 16.4. The predicted molar refractivity (Wildman–Crippen MR) is 212 cm³/mol. The molecule has 0 aliphatic rings. The lowest BCUT2D eigenvalue weighted by Gasteiger charge is -2.17.